The summed E-state index contributed by atoms with van der Waals surface area (Å²) in [6.07, 6.45) is 16.5. The highest BCUT2D eigenvalue weighted by atomic mass is 15.2. The Kier molecular flexibility index (Phi) is 5.47. The number of nitrogens with one attached hydrogen (secondary N) is 2. The van der Waals surface area contributed by atoms with Gasteiger partial charge in [0.2, 0.25) is 37.8 Å². The minimum Gasteiger partial charge on any atom is -0.257 e. The maximum absolute atomic E-state index is 4.69. The van der Waals surface area contributed by atoms with Gasteiger partial charge in [-0.1, -0.05) is 0 Å². The summed E-state index contributed by atoms with van der Waals surface area (Å²) in [6, 6.07) is 16.9. The zero-order chi connectivity index (χ0) is 25.3. The maximum Gasteiger partial charge on any atom is 0.216 e. The molecule has 0 radical (unpaired) electrons. The monoisotopic (exact) mass is 502 g/mol. The molecule has 0 atom stereocenters. The summed E-state index contributed by atoms with van der Waals surface area (Å²) in [5, 5.41) is 15.0. The van der Waals surface area contributed by atoms with Crippen molar-refractivity contribution in [3.8, 4) is 22.3 Å². The number of nitrogens with zero attached hydrogens (tertiary/aromatic N) is 8. The Bertz CT molecular complexity index is 1430. The van der Waals surface area contributed by atoms with Crippen LogP contribution in [0.5, 0.6) is 0 Å². The lowest BCUT2D eigenvalue weighted by Gasteiger charge is -2.01. The third-order valence-electron chi connectivity index (χ3n) is 6.70. The van der Waals surface area contributed by atoms with Gasteiger partial charge in [-0.05, 0) is 22.3 Å². The van der Waals surface area contributed by atoms with Gasteiger partial charge in [-0.25, -0.2) is 9.97 Å². The molecule has 0 saturated carbocycles. The summed E-state index contributed by atoms with van der Waals surface area (Å²) in [5.41, 5.74) is 4.60. The second-order valence-corrected chi connectivity index (χ2v) is 9.43. The van der Waals surface area contributed by atoms with Crippen LogP contribution in [0.1, 0.15) is 23.3 Å². The highest BCUT2D eigenvalue weighted by molar-refractivity contribution is 5.61. The Labute approximate surface area is 218 Å². The van der Waals surface area contributed by atoms with Crippen molar-refractivity contribution in [2.45, 2.75) is 26.2 Å². The lowest BCUT2D eigenvalue weighted by molar-refractivity contribution is -0.690. The van der Waals surface area contributed by atoms with Gasteiger partial charge in [0.05, 0.1) is 0 Å². The summed E-state index contributed by atoms with van der Waals surface area (Å²) in [5.74, 6) is 3.16. The van der Waals surface area contributed by atoms with Crippen molar-refractivity contribution in [1.29, 1.82) is 0 Å². The highest BCUT2D eigenvalue weighted by Gasteiger charge is 2.15. The molecule has 10 heteroatoms. The molecule has 10 aliphatic rings. The van der Waals surface area contributed by atoms with Crippen LogP contribution in [0.15, 0.2) is 98.1 Å². The first-order valence-corrected chi connectivity index (χ1v) is 12.5. The quantitative estimate of drug-likeness (QED) is 0.301. The number of rotatable bonds is 0. The average Bonchev–Trinajstić information content (AvgIpc) is 3.59. The number of aromatic nitrogens is 10. The molecule has 0 aromatic carbocycles. The van der Waals surface area contributed by atoms with Crippen molar-refractivity contribution in [2.75, 3.05) is 0 Å². The topological polar surface area (TPSA) is 98.7 Å². The van der Waals surface area contributed by atoms with Crippen LogP contribution in [0, 0.1) is 0 Å². The molecule has 16 rings (SSSR count). The Hall–Kier alpha value is -5.12. The van der Waals surface area contributed by atoms with E-state index in [1.54, 1.807) is 0 Å². The van der Waals surface area contributed by atoms with Crippen molar-refractivity contribution in [3.05, 3.63) is 121 Å². The first kappa shape index (κ1) is 22.1. The van der Waals surface area contributed by atoms with E-state index in [2.05, 4.69) is 137 Å². The Balaban J connectivity index is 1.21. The molecule has 0 unspecified atom stereocenters. The standard InChI is InChI=1S/C28H24N10/c1-9-35-10-2-21(1)22-3-11-36(12-4-22)18-27-30-28(34-33-27)20-38-15-7-24(8-16-38)23-5-13-37(14-6-23)19-26-29-25(17-35)31-32-26/h1-16H,17-20H2/q+2/p+2. The van der Waals surface area contributed by atoms with Crippen molar-refractivity contribution in [2.24, 2.45) is 0 Å². The summed E-state index contributed by atoms with van der Waals surface area (Å²) in [4.78, 5) is 9.39. The minimum absolute atomic E-state index is 0.600. The molecule has 10 nitrogen and oxygen atoms in total. The van der Waals surface area contributed by atoms with E-state index >= 15 is 0 Å². The van der Waals surface area contributed by atoms with Gasteiger partial charge >= 0.3 is 0 Å². The highest BCUT2D eigenvalue weighted by Crippen LogP contribution is 2.17. The van der Waals surface area contributed by atoms with Crippen molar-refractivity contribution in [1.82, 2.24) is 30.4 Å². The number of hydrogen-bond acceptors (Lipinski definition) is 4. The fraction of sp³-hybridized carbons (Fsp3) is 0.143. The van der Waals surface area contributed by atoms with Gasteiger partial charge < -0.3 is 0 Å². The van der Waals surface area contributed by atoms with E-state index in [1.807, 2.05) is 0 Å². The molecule has 184 valence electrons. The number of H-pyrrole nitrogens is 2. The summed E-state index contributed by atoms with van der Waals surface area (Å²) in [7, 11) is 0. The van der Waals surface area contributed by atoms with E-state index in [9.17, 15) is 0 Å². The van der Waals surface area contributed by atoms with Crippen LogP contribution in [0.4, 0.5) is 0 Å². The minimum atomic E-state index is 0.600. The van der Waals surface area contributed by atoms with Gasteiger partial charge in [-0.2, -0.15) is 28.5 Å². The zero-order valence-electron chi connectivity index (χ0n) is 20.6. The molecule has 0 aliphatic carbocycles. The molecular weight excluding hydrogens is 476 g/mol. The molecule has 10 aliphatic heterocycles. The molecule has 6 aromatic heterocycles. The molecule has 0 saturated heterocycles. The molecule has 0 spiro atoms. The van der Waals surface area contributed by atoms with Gasteiger partial charge in [0.25, 0.3) is 0 Å². The van der Waals surface area contributed by atoms with Crippen LogP contribution in [0.3, 0.4) is 0 Å². The first-order valence-electron chi connectivity index (χ1n) is 12.5. The normalized spacial score (nSPS) is 12.8. The third-order valence-corrected chi connectivity index (χ3v) is 6.70. The van der Waals surface area contributed by atoms with E-state index in [4.69, 9.17) is 9.97 Å². The predicted octanol–water partition coefficient (Wildman–Crippen LogP) is 0.913. The van der Waals surface area contributed by atoms with Gasteiger partial charge in [0.15, 0.2) is 61.2 Å². The first-order chi connectivity index (χ1) is 18.7. The maximum atomic E-state index is 4.69. The van der Waals surface area contributed by atoms with E-state index in [0.29, 0.717) is 26.2 Å². The number of pyridine rings is 4. The fourth-order valence-electron chi connectivity index (χ4n) is 4.65. The van der Waals surface area contributed by atoms with E-state index in [-0.39, 0.29) is 0 Å². The summed E-state index contributed by atoms with van der Waals surface area (Å²) >= 11 is 0. The van der Waals surface area contributed by atoms with Crippen LogP contribution < -0.4 is 18.3 Å². The Morgan fingerprint density at radius 2 is 0.711 bits per heavy atom. The van der Waals surface area contributed by atoms with Crippen LogP contribution in [0.2, 0.25) is 0 Å². The number of hydrogen-bond donors (Lipinski definition) is 2. The van der Waals surface area contributed by atoms with Crippen LogP contribution in [-0.4, -0.2) is 30.4 Å². The van der Waals surface area contributed by atoms with Crippen molar-refractivity contribution < 1.29 is 18.3 Å². The molecule has 12 bridgehead atoms. The van der Waals surface area contributed by atoms with E-state index < -0.39 is 0 Å². The fourth-order valence-corrected chi connectivity index (χ4v) is 4.65. The van der Waals surface area contributed by atoms with E-state index in [0.717, 1.165) is 45.6 Å². The SMILES string of the molecule is c1c[n+]2ccc1-c1cc[n+](cc1)Cc1nc(n[nH]1)C[n+]1ccc(cc1)-c1cc[n+](cc1)Cc1nc(n[nH]1)C2. The van der Waals surface area contributed by atoms with Gasteiger partial charge in [0.1, 0.15) is 0 Å². The lowest BCUT2D eigenvalue weighted by atomic mass is 10.1. The lowest BCUT2D eigenvalue weighted by Crippen LogP contribution is -2.35. The van der Waals surface area contributed by atoms with Gasteiger partial charge in [-0.15, -0.1) is 0 Å². The van der Waals surface area contributed by atoms with Crippen molar-refractivity contribution in [3.63, 3.8) is 0 Å². The smallest absolute Gasteiger partial charge is 0.216 e. The Morgan fingerprint density at radius 3 is 1.03 bits per heavy atom. The van der Waals surface area contributed by atoms with Crippen LogP contribution >= 0.6 is 0 Å². The second-order valence-electron chi connectivity index (χ2n) is 9.43. The second kappa shape index (κ2) is 9.40. The molecule has 2 N–H and O–H groups in total. The Morgan fingerprint density at radius 1 is 0.421 bits per heavy atom. The van der Waals surface area contributed by atoms with Gasteiger partial charge in [0, 0.05) is 48.5 Å². The molecule has 38 heavy (non-hydrogen) atoms. The summed E-state index contributed by atoms with van der Waals surface area (Å²) < 4.78 is 8.34. The molecular formula is C28H26N10+4. The third kappa shape index (κ3) is 4.66. The number of aromatic amines is 2. The molecule has 16 heterocycles. The van der Waals surface area contributed by atoms with Crippen molar-refractivity contribution >= 4 is 0 Å². The zero-order valence-corrected chi connectivity index (χ0v) is 20.6. The summed E-state index contributed by atoms with van der Waals surface area (Å²) in [6.45, 7) is 2.45. The van der Waals surface area contributed by atoms with Crippen LogP contribution in [0.25, 0.3) is 22.3 Å². The largest absolute Gasteiger partial charge is 0.257 e. The van der Waals surface area contributed by atoms with Crippen LogP contribution in [-0.2, 0) is 26.2 Å². The average molecular weight is 503 g/mol. The van der Waals surface area contributed by atoms with Gasteiger partial charge in [-0.3, -0.25) is 10.2 Å². The molecule has 0 fully saturated rings. The predicted molar refractivity (Wildman–Crippen MR) is 134 cm³/mol. The molecule has 6 aromatic rings. The van der Waals surface area contributed by atoms with E-state index in [1.165, 1.54) is 0 Å². The molecule has 0 amide bonds.